The summed E-state index contributed by atoms with van der Waals surface area (Å²) in [6.07, 6.45) is 0.665. The number of amides is 2. The summed E-state index contributed by atoms with van der Waals surface area (Å²) < 4.78 is 0. The van der Waals surface area contributed by atoms with E-state index in [-0.39, 0.29) is 18.4 Å². The van der Waals surface area contributed by atoms with Crippen molar-refractivity contribution < 1.29 is 14.7 Å². The Kier molecular flexibility index (Phi) is 5.92. The second kappa shape index (κ2) is 8.76. The number of nitrogens with zero attached hydrogens (tertiary/aromatic N) is 3. The lowest BCUT2D eigenvalue weighted by Gasteiger charge is -2.37. The van der Waals surface area contributed by atoms with E-state index >= 15 is 0 Å². The molecule has 1 N–H and O–H groups in total. The summed E-state index contributed by atoms with van der Waals surface area (Å²) in [7, 11) is 0. The summed E-state index contributed by atoms with van der Waals surface area (Å²) in [6.45, 7) is 3.33. The van der Waals surface area contributed by atoms with Crippen molar-refractivity contribution in [3.05, 3.63) is 65.7 Å². The number of rotatable bonds is 5. The van der Waals surface area contributed by atoms with Gasteiger partial charge < -0.3 is 14.9 Å². The molecule has 0 saturated carbocycles. The molecule has 1 unspecified atom stereocenters. The summed E-state index contributed by atoms with van der Waals surface area (Å²) in [5.74, 6) is -0.0000183. The predicted molar refractivity (Wildman–Crippen MR) is 112 cm³/mol. The SMILES string of the molecule is O=C(CN1C(=O)CCc2ccccc21)N1CCN(CC(O)c2ccccc2)CC1. The highest BCUT2D eigenvalue weighted by Crippen LogP contribution is 2.27. The van der Waals surface area contributed by atoms with Crippen LogP contribution in [0.15, 0.2) is 54.6 Å². The monoisotopic (exact) mass is 393 g/mol. The minimum atomic E-state index is -0.527. The first-order chi connectivity index (χ1) is 14.1. The second-order valence-electron chi connectivity index (χ2n) is 7.72. The van der Waals surface area contributed by atoms with Crippen LogP contribution in [0.1, 0.15) is 23.7 Å². The first-order valence-electron chi connectivity index (χ1n) is 10.2. The number of hydrogen-bond acceptors (Lipinski definition) is 4. The number of aliphatic hydroxyl groups excluding tert-OH is 1. The fourth-order valence-corrected chi connectivity index (χ4v) is 4.11. The van der Waals surface area contributed by atoms with Gasteiger partial charge in [-0.25, -0.2) is 0 Å². The van der Waals surface area contributed by atoms with Crippen LogP contribution in [0.25, 0.3) is 0 Å². The Hall–Kier alpha value is -2.70. The molecule has 0 radical (unpaired) electrons. The van der Waals surface area contributed by atoms with Gasteiger partial charge in [0.2, 0.25) is 11.8 Å². The lowest BCUT2D eigenvalue weighted by atomic mass is 10.0. The zero-order valence-electron chi connectivity index (χ0n) is 16.5. The van der Waals surface area contributed by atoms with Gasteiger partial charge in [-0.15, -0.1) is 0 Å². The molecule has 152 valence electrons. The minimum absolute atomic E-state index is 0.0154. The van der Waals surface area contributed by atoms with Crippen molar-refractivity contribution in [3.8, 4) is 0 Å². The van der Waals surface area contributed by atoms with E-state index in [0.717, 1.165) is 36.3 Å². The Labute approximate surface area is 171 Å². The third kappa shape index (κ3) is 4.49. The summed E-state index contributed by atoms with van der Waals surface area (Å²) in [5.41, 5.74) is 2.90. The van der Waals surface area contributed by atoms with Crippen molar-refractivity contribution in [1.29, 1.82) is 0 Å². The molecule has 29 heavy (non-hydrogen) atoms. The molecular formula is C23H27N3O3. The molecule has 2 aliphatic rings. The number of para-hydroxylation sites is 1. The van der Waals surface area contributed by atoms with E-state index in [1.807, 2.05) is 59.5 Å². The van der Waals surface area contributed by atoms with Crippen LogP contribution < -0.4 is 4.90 Å². The van der Waals surface area contributed by atoms with Gasteiger partial charge in [-0.1, -0.05) is 48.5 Å². The van der Waals surface area contributed by atoms with Gasteiger partial charge in [0.05, 0.1) is 6.10 Å². The maximum Gasteiger partial charge on any atom is 0.242 e. The van der Waals surface area contributed by atoms with Gasteiger partial charge in [-0.05, 0) is 23.6 Å². The molecule has 2 aromatic carbocycles. The van der Waals surface area contributed by atoms with Gasteiger partial charge in [-0.3, -0.25) is 14.5 Å². The molecular weight excluding hydrogens is 366 g/mol. The van der Waals surface area contributed by atoms with E-state index in [2.05, 4.69) is 4.90 Å². The standard InChI is InChI=1S/C23H27N3O3/c27-21(19-7-2-1-3-8-19)16-24-12-14-25(15-13-24)23(29)17-26-20-9-5-4-6-18(20)10-11-22(26)28/h1-9,21,27H,10-17H2. The maximum atomic E-state index is 12.8. The number of hydrogen-bond donors (Lipinski definition) is 1. The van der Waals surface area contributed by atoms with Crippen molar-refractivity contribution in [3.63, 3.8) is 0 Å². The van der Waals surface area contributed by atoms with Gasteiger partial charge >= 0.3 is 0 Å². The fraction of sp³-hybridized carbons (Fsp3) is 0.391. The van der Waals surface area contributed by atoms with E-state index in [4.69, 9.17) is 0 Å². The lowest BCUT2D eigenvalue weighted by molar-refractivity contribution is -0.133. The van der Waals surface area contributed by atoms with Crippen LogP contribution >= 0.6 is 0 Å². The highest BCUT2D eigenvalue weighted by atomic mass is 16.3. The fourth-order valence-electron chi connectivity index (χ4n) is 4.11. The molecule has 2 aliphatic heterocycles. The maximum absolute atomic E-state index is 12.8. The number of aryl methyl sites for hydroxylation is 1. The highest BCUT2D eigenvalue weighted by Gasteiger charge is 2.29. The first kappa shape index (κ1) is 19.6. The van der Waals surface area contributed by atoms with Gasteiger partial charge in [0.15, 0.2) is 0 Å². The van der Waals surface area contributed by atoms with Crippen molar-refractivity contribution >= 4 is 17.5 Å². The Morgan fingerprint density at radius 3 is 2.38 bits per heavy atom. The third-order valence-corrected chi connectivity index (χ3v) is 5.83. The van der Waals surface area contributed by atoms with Crippen LogP contribution in [0.4, 0.5) is 5.69 Å². The van der Waals surface area contributed by atoms with Crippen molar-refractivity contribution in [2.24, 2.45) is 0 Å². The molecule has 0 bridgehead atoms. The second-order valence-corrected chi connectivity index (χ2v) is 7.72. The largest absolute Gasteiger partial charge is 0.387 e. The summed E-state index contributed by atoms with van der Waals surface area (Å²) in [6, 6.07) is 17.5. The Balaban J connectivity index is 1.31. The predicted octanol–water partition coefficient (Wildman–Crippen LogP) is 1.84. The van der Waals surface area contributed by atoms with Crippen LogP contribution in [0.2, 0.25) is 0 Å². The normalized spacial score (nSPS) is 18.4. The molecule has 1 atom stereocenters. The summed E-state index contributed by atoms with van der Waals surface area (Å²) in [5, 5.41) is 10.4. The highest BCUT2D eigenvalue weighted by molar-refractivity contribution is 6.01. The third-order valence-electron chi connectivity index (χ3n) is 5.83. The lowest BCUT2D eigenvalue weighted by Crippen LogP contribution is -2.52. The molecule has 2 amide bonds. The van der Waals surface area contributed by atoms with Crippen molar-refractivity contribution in [2.75, 3.05) is 44.2 Å². The zero-order chi connectivity index (χ0) is 20.2. The number of anilines is 1. The van der Waals surface area contributed by atoms with Crippen LogP contribution in [0.3, 0.4) is 0 Å². The molecule has 2 aromatic rings. The van der Waals surface area contributed by atoms with Gasteiger partial charge in [-0.2, -0.15) is 0 Å². The number of piperazine rings is 1. The first-order valence-corrected chi connectivity index (χ1v) is 10.2. The van der Waals surface area contributed by atoms with Crippen molar-refractivity contribution in [2.45, 2.75) is 18.9 Å². The minimum Gasteiger partial charge on any atom is -0.387 e. The smallest absolute Gasteiger partial charge is 0.242 e. The Morgan fingerprint density at radius 1 is 0.931 bits per heavy atom. The van der Waals surface area contributed by atoms with E-state index < -0.39 is 6.10 Å². The Morgan fingerprint density at radius 2 is 1.62 bits per heavy atom. The molecule has 1 saturated heterocycles. The van der Waals surface area contributed by atoms with Crippen LogP contribution in [0.5, 0.6) is 0 Å². The number of carbonyl (C=O) groups is 2. The molecule has 0 aromatic heterocycles. The van der Waals surface area contributed by atoms with Crippen molar-refractivity contribution in [1.82, 2.24) is 9.80 Å². The van der Waals surface area contributed by atoms with E-state index in [1.165, 1.54) is 0 Å². The number of β-amino-alcohol motifs (C(OH)–C–C–N with tert-alkyl or cyclic N) is 1. The average Bonchev–Trinajstić information content (AvgIpc) is 2.77. The molecule has 4 rings (SSSR count). The van der Waals surface area contributed by atoms with E-state index in [0.29, 0.717) is 26.1 Å². The molecule has 6 heteroatoms. The number of benzene rings is 2. The Bertz CT molecular complexity index is 863. The molecule has 0 spiro atoms. The number of aliphatic hydroxyl groups is 1. The number of fused-ring (bicyclic) bond motifs is 1. The van der Waals surface area contributed by atoms with Gasteiger partial charge in [0, 0.05) is 44.8 Å². The average molecular weight is 393 g/mol. The summed E-state index contributed by atoms with van der Waals surface area (Å²) >= 11 is 0. The van der Waals surface area contributed by atoms with Gasteiger partial charge in [0.1, 0.15) is 6.54 Å². The topological polar surface area (TPSA) is 64.1 Å². The van der Waals surface area contributed by atoms with Crippen LogP contribution in [-0.4, -0.2) is 66.0 Å². The zero-order valence-corrected chi connectivity index (χ0v) is 16.5. The van der Waals surface area contributed by atoms with E-state index in [9.17, 15) is 14.7 Å². The molecule has 6 nitrogen and oxygen atoms in total. The molecule has 2 heterocycles. The molecule has 0 aliphatic carbocycles. The summed E-state index contributed by atoms with van der Waals surface area (Å²) in [4.78, 5) is 30.9. The molecule has 1 fully saturated rings. The van der Waals surface area contributed by atoms with E-state index in [1.54, 1.807) is 4.90 Å². The van der Waals surface area contributed by atoms with Crippen LogP contribution in [0, 0.1) is 0 Å². The van der Waals surface area contributed by atoms with Gasteiger partial charge in [0.25, 0.3) is 0 Å². The number of carbonyl (C=O) groups excluding carboxylic acids is 2. The van der Waals surface area contributed by atoms with Crippen LogP contribution in [-0.2, 0) is 16.0 Å². The quantitative estimate of drug-likeness (QED) is 0.842.